The average molecular weight is 332 g/mol. The lowest BCUT2D eigenvalue weighted by Crippen LogP contribution is -2.47. The average Bonchev–Trinajstić information content (AvgIpc) is 2.66. The molecule has 1 atom stereocenters. The summed E-state index contributed by atoms with van der Waals surface area (Å²) in [6.07, 6.45) is 1.37. The molecular formula is C21H20N2O2. The molecule has 0 unspecified atom stereocenters. The minimum Gasteiger partial charge on any atom is -0.394 e. The summed E-state index contributed by atoms with van der Waals surface area (Å²) in [4.78, 5) is 19.5. The fourth-order valence-corrected chi connectivity index (χ4v) is 3.52. The SMILES string of the molecule is O=C1c2cc3ccccc3nc2CCN1[C@H](CO)Cc1ccccc1. The number of aliphatic hydroxyl groups excluding tert-OH is 1. The molecule has 2 heterocycles. The molecule has 1 aliphatic rings. The molecule has 1 N–H and O–H groups in total. The highest BCUT2D eigenvalue weighted by Crippen LogP contribution is 2.24. The van der Waals surface area contributed by atoms with E-state index in [1.807, 2.05) is 60.7 Å². The van der Waals surface area contributed by atoms with Gasteiger partial charge in [-0.25, -0.2) is 0 Å². The molecule has 1 aromatic heterocycles. The number of carbonyl (C=O) groups is 1. The Labute approximate surface area is 146 Å². The van der Waals surface area contributed by atoms with Crippen LogP contribution in [0.2, 0.25) is 0 Å². The second kappa shape index (κ2) is 6.65. The molecule has 0 radical (unpaired) electrons. The number of hydrogen-bond acceptors (Lipinski definition) is 3. The Morgan fingerprint density at radius 1 is 1.08 bits per heavy atom. The van der Waals surface area contributed by atoms with Crippen LogP contribution in [0.5, 0.6) is 0 Å². The zero-order valence-electron chi connectivity index (χ0n) is 13.9. The number of benzene rings is 2. The van der Waals surface area contributed by atoms with Crippen LogP contribution in [0.15, 0.2) is 60.7 Å². The number of nitrogens with zero attached hydrogens (tertiary/aromatic N) is 2. The summed E-state index contributed by atoms with van der Waals surface area (Å²) in [7, 11) is 0. The second-order valence-corrected chi connectivity index (χ2v) is 6.45. The monoisotopic (exact) mass is 332 g/mol. The molecule has 0 saturated carbocycles. The molecule has 0 bridgehead atoms. The molecule has 3 aromatic rings. The molecule has 4 rings (SSSR count). The third-order valence-electron chi connectivity index (χ3n) is 4.85. The molecule has 1 amide bonds. The molecule has 126 valence electrons. The van der Waals surface area contributed by atoms with E-state index in [2.05, 4.69) is 4.98 Å². The van der Waals surface area contributed by atoms with Crippen LogP contribution in [0.1, 0.15) is 21.6 Å². The molecule has 4 nitrogen and oxygen atoms in total. The van der Waals surface area contributed by atoms with Gasteiger partial charge in [-0.3, -0.25) is 9.78 Å². The minimum absolute atomic E-state index is 0.0329. The number of pyridine rings is 1. The molecule has 0 fully saturated rings. The zero-order chi connectivity index (χ0) is 17.2. The summed E-state index contributed by atoms with van der Waals surface area (Å²) in [5.74, 6) is -0.0329. The Balaban J connectivity index is 1.64. The maximum Gasteiger partial charge on any atom is 0.256 e. The Bertz CT molecular complexity index is 908. The maximum atomic E-state index is 13.0. The first kappa shape index (κ1) is 15.8. The standard InChI is InChI=1S/C21H20N2O2/c24-14-17(12-15-6-2-1-3-7-15)23-11-10-20-18(21(23)25)13-16-8-4-5-9-19(16)22-20/h1-9,13,17,24H,10-12,14H2/t17-/m0/s1. The third-order valence-corrected chi connectivity index (χ3v) is 4.85. The summed E-state index contributed by atoms with van der Waals surface area (Å²) >= 11 is 0. The van der Waals surface area contributed by atoms with E-state index in [1.54, 1.807) is 4.90 Å². The number of rotatable bonds is 4. The topological polar surface area (TPSA) is 53.4 Å². The van der Waals surface area contributed by atoms with Gasteiger partial charge in [0.05, 0.1) is 29.4 Å². The number of para-hydroxylation sites is 1. The van der Waals surface area contributed by atoms with E-state index >= 15 is 0 Å². The second-order valence-electron chi connectivity index (χ2n) is 6.45. The summed E-state index contributed by atoms with van der Waals surface area (Å²) in [5, 5.41) is 10.8. The van der Waals surface area contributed by atoms with Gasteiger partial charge in [-0.05, 0) is 24.1 Å². The van der Waals surface area contributed by atoms with Crippen molar-refractivity contribution in [1.82, 2.24) is 9.88 Å². The van der Waals surface area contributed by atoms with Gasteiger partial charge in [0.15, 0.2) is 0 Å². The molecule has 2 aromatic carbocycles. The van der Waals surface area contributed by atoms with E-state index in [1.165, 1.54) is 0 Å². The smallest absolute Gasteiger partial charge is 0.256 e. The van der Waals surface area contributed by atoms with Gasteiger partial charge in [-0.2, -0.15) is 0 Å². The molecule has 0 saturated heterocycles. The summed E-state index contributed by atoms with van der Waals surface area (Å²) in [6.45, 7) is 0.548. The lowest BCUT2D eigenvalue weighted by molar-refractivity contribution is 0.0571. The highest BCUT2D eigenvalue weighted by Gasteiger charge is 2.30. The molecule has 1 aliphatic heterocycles. The fourth-order valence-electron chi connectivity index (χ4n) is 3.52. The lowest BCUT2D eigenvalue weighted by Gasteiger charge is -2.34. The Morgan fingerprint density at radius 2 is 1.84 bits per heavy atom. The summed E-state index contributed by atoms with van der Waals surface area (Å²) < 4.78 is 0. The zero-order valence-corrected chi connectivity index (χ0v) is 13.9. The van der Waals surface area contributed by atoms with Crippen LogP contribution in [0.3, 0.4) is 0 Å². The quantitative estimate of drug-likeness (QED) is 0.799. The number of aromatic nitrogens is 1. The van der Waals surface area contributed by atoms with Crippen LogP contribution in [0.4, 0.5) is 0 Å². The lowest BCUT2D eigenvalue weighted by atomic mass is 9.98. The number of aliphatic hydroxyl groups is 1. The van der Waals surface area contributed by atoms with E-state index in [0.29, 0.717) is 18.5 Å². The van der Waals surface area contributed by atoms with Crippen molar-refractivity contribution in [3.63, 3.8) is 0 Å². The Morgan fingerprint density at radius 3 is 2.64 bits per heavy atom. The Kier molecular flexibility index (Phi) is 4.20. The van der Waals surface area contributed by atoms with Crippen LogP contribution < -0.4 is 0 Å². The van der Waals surface area contributed by atoms with Crippen molar-refractivity contribution in [2.75, 3.05) is 13.2 Å². The van der Waals surface area contributed by atoms with Gasteiger partial charge in [-0.1, -0.05) is 48.5 Å². The summed E-state index contributed by atoms with van der Waals surface area (Å²) in [6, 6.07) is 19.6. The van der Waals surface area contributed by atoms with Crippen molar-refractivity contribution < 1.29 is 9.90 Å². The first-order valence-electron chi connectivity index (χ1n) is 8.60. The molecule has 0 aliphatic carbocycles. The van der Waals surface area contributed by atoms with E-state index in [9.17, 15) is 9.90 Å². The van der Waals surface area contributed by atoms with Crippen LogP contribution in [-0.4, -0.2) is 40.1 Å². The van der Waals surface area contributed by atoms with Crippen molar-refractivity contribution in [2.45, 2.75) is 18.9 Å². The van der Waals surface area contributed by atoms with Crippen LogP contribution >= 0.6 is 0 Å². The van der Waals surface area contributed by atoms with Gasteiger partial charge in [0.2, 0.25) is 0 Å². The van der Waals surface area contributed by atoms with Crippen LogP contribution in [-0.2, 0) is 12.8 Å². The van der Waals surface area contributed by atoms with Gasteiger partial charge >= 0.3 is 0 Å². The predicted octanol–water partition coefficient (Wildman–Crippen LogP) is 2.84. The molecular weight excluding hydrogens is 312 g/mol. The molecule has 4 heteroatoms. The van der Waals surface area contributed by atoms with Crippen molar-refractivity contribution in [3.05, 3.63) is 77.5 Å². The van der Waals surface area contributed by atoms with Crippen LogP contribution in [0, 0.1) is 0 Å². The number of carbonyl (C=O) groups excluding carboxylic acids is 1. The van der Waals surface area contributed by atoms with Gasteiger partial charge in [-0.15, -0.1) is 0 Å². The van der Waals surface area contributed by atoms with Gasteiger partial charge in [0, 0.05) is 18.4 Å². The van der Waals surface area contributed by atoms with Gasteiger partial charge < -0.3 is 10.0 Å². The van der Waals surface area contributed by atoms with E-state index in [4.69, 9.17) is 0 Å². The first-order chi connectivity index (χ1) is 12.3. The highest BCUT2D eigenvalue weighted by molar-refractivity contribution is 5.99. The third kappa shape index (κ3) is 3.01. The van der Waals surface area contributed by atoms with Crippen molar-refractivity contribution in [2.24, 2.45) is 0 Å². The highest BCUT2D eigenvalue weighted by atomic mass is 16.3. The first-order valence-corrected chi connectivity index (χ1v) is 8.60. The van der Waals surface area contributed by atoms with E-state index in [0.717, 1.165) is 28.6 Å². The number of fused-ring (bicyclic) bond motifs is 2. The maximum absolute atomic E-state index is 13.0. The Hall–Kier alpha value is -2.72. The molecule has 0 spiro atoms. The normalized spacial score (nSPS) is 15.2. The number of hydrogen-bond donors (Lipinski definition) is 1. The minimum atomic E-state index is -0.213. The van der Waals surface area contributed by atoms with Crippen LogP contribution in [0.25, 0.3) is 10.9 Å². The largest absolute Gasteiger partial charge is 0.394 e. The van der Waals surface area contributed by atoms with Crippen molar-refractivity contribution in [3.8, 4) is 0 Å². The van der Waals surface area contributed by atoms with E-state index < -0.39 is 0 Å². The molecule has 25 heavy (non-hydrogen) atoms. The van der Waals surface area contributed by atoms with Gasteiger partial charge in [0.25, 0.3) is 5.91 Å². The fraction of sp³-hybridized carbons (Fsp3) is 0.238. The van der Waals surface area contributed by atoms with E-state index in [-0.39, 0.29) is 18.6 Å². The number of amides is 1. The van der Waals surface area contributed by atoms with Gasteiger partial charge in [0.1, 0.15) is 0 Å². The summed E-state index contributed by atoms with van der Waals surface area (Å²) in [5.41, 5.74) is 3.56. The predicted molar refractivity (Wildman–Crippen MR) is 97.5 cm³/mol. The van der Waals surface area contributed by atoms with Crippen molar-refractivity contribution in [1.29, 1.82) is 0 Å². The van der Waals surface area contributed by atoms with Crippen molar-refractivity contribution >= 4 is 16.8 Å².